The van der Waals surface area contributed by atoms with E-state index in [1.54, 1.807) is 11.3 Å². The molecule has 4 rings (SSSR count). The van der Waals surface area contributed by atoms with Gasteiger partial charge in [0.15, 0.2) is 0 Å². The average molecular weight is 329 g/mol. The van der Waals surface area contributed by atoms with Crippen molar-refractivity contribution in [2.45, 2.75) is 58.3 Å². The number of carbonyl (C=O) groups excluding carboxylic acids is 1. The number of nitrogens with zero attached hydrogens (tertiary/aromatic N) is 3. The van der Waals surface area contributed by atoms with Crippen molar-refractivity contribution in [1.29, 1.82) is 0 Å². The first-order chi connectivity index (χ1) is 11.1. The summed E-state index contributed by atoms with van der Waals surface area (Å²) < 4.78 is 0. The largest absolute Gasteiger partial charge is 0.338 e. The van der Waals surface area contributed by atoms with Crippen LogP contribution in [0.15, 0.2) is 0 Å². The lowest BCUT2D eigenvalue weighted by molar-refractivity contribution is 0.0766. The minimum absolute atomic E-state index is 0.194. The molecular formula is C18H23N3OS. The molecule has 1 amide bonds. The number of amides is 1. The van der Waals surface area contributed by atoms with E-state index in [1.807, 2.05) is 4.90 Å². The summed E-state index contributed by atoms with van der Waals surface area (Å²) in [5.74, 6) is 1.72. The molecule has 0 unspecified atom stereocenters. The van der Waals surface area contributed by atoms with Gasteiger partial charge in [-0.15, -0.1) is 11.3 Å². The third-order valence-corrected chi connectivity index (χ3v) is 6.19. The molecule has 0 aromatic carbocycles. The number of likely N-dealkylation sites (tertiary alicyclic amines) is 1. The van der Waals surface area contributed by atoms with Crippen molar-refractivity contribution in [2.24, 2.45) is 0 Å². The lowest BCUT2D eigenvalue weighted by Gasteiger charge is -2.19. The number of hydrogen-bond donors (Lipinski definition) is 0. The number of carbonyl (C=O) groups is 1. The van der Waals surface area contributed by atoms with Gasteiger partial charge in [0.2, 0.25) is 0 Å². The summed E-state index contributed by atoms with van der Waals surface area (Å²) in [5, 5.41) is 1.09. The number of thiophene rings is 1. The summed E-state index contributed by atoms with van der Waals surface area (Å²) >= 11 is 1.56. The molecule has 3 heterocycles. The average Bonchev–Trinajstić information content (AvgIpc) is 3.34. The zero-order valence-corrected chi connectivity index (χ0v) is 14.7. The quantitative estimate of drug-likeness (QED) is 0.829. The van der Waals surface area contributed by atoms with Crippen molar-refractivity contribution in [3.63, 3.8) is 0 Å². The molecule has 5 heteroatoms. The van der Waals surface area contributed by atoms with Gasteiger partial charge in [-0.25, -0.2) is 9.97 Å². The molecule has 2 aromatic heterocycles. The van der Waals surface area contributed by atoms with Crippen LogP contribution in [0, 0.1) is 13.8 Å². The molecule has 2 fully saturated rings. The second kappa shape index (κ2) is 5.86. The van der Waals surface area contributed by atoms with Crippen LogP contribution in [0.2, 0.25) is 0 Å². The molecule has 0 bridgehead atoms. The highest BCUT2D eigenvalue weighted by Crippen LogP contribution is 2.40. The Kier molecular flexibility index (Phi) is 3.84. The van der Waals surface area contributed by atoms with E-state index in [4.69, 9.17) is 9.97 Å². The van der Waals surface area contributed by atoms with Gasteiger partial charge in [-0.3, -0.25) is 4.79 Å². The summed E-state index contributed by atoms with van der Waals surface area (Å²) in [7, 11) is 0. The predicted molar refractivity (Wildman–Crippen MR) is 93.2 cm³/mol. The van der Waals surface area contributed by atoms with Gasteiger partial charge < -0.3 is 4.90 Å². The molecule has 1 aliphatic heterocycles. The van der Waals surface area contributed by atoms with E-state index in [2.05, 4.69) is 13.8 Å². The zero-order chi connectivity index (χ0) is 16.0. The maximum Gasteiger partial charge on any atom is 0.264 e. The van der Waals surface area contributed by atoms with Crippen molar-refractivity contribution in [2.75, 3.05) is 13.1 Å². The van der Waals surface area contributed by atoms with E-state index >= 15 is 0 Å². The fraction of sp³-hybridized carbons (Fsp3) is 0.611. The second-order valence-corrected chi connectivity index (χ2v) is 7.88. The van der Waals surface area contributed by atoms with Crippen LogP contribution in [0.4, 0.5) is 0 Å². The Bertz CT molecular complexity index is 755. The van der Waals surface area contributed by atoms with Crippen molar-refractivity contribution >= 4 is 27.5 Å². The molecule has 2 aliphatic rings. The van der Waals surface area contributed by atoms with Crippen LogP contribution in [-0.4, -0.2) is 33.9 Å². The third kappa shape index (κ3) is 2.75. The Morgan fingerprint density at radius 2 is 1.78 bits per heavy atom. The molecule has 0 radical (unpaired) electrons. The van der Waals surface area contributed by atoms with Crippen LogP contribution in [0.3, 0.4) is 0 Å². The monoisotopic (exact) mass is 329 g/mol. The van der Waals surface area contributed by atoms with Gasteiger partial charge in [0.25, 0.3) is 5.91 Å². The number of fused-ring (bicyclic) bond motifs is 1. The number of hydrogen-bond acceptors (Lipinski definition) is 4. The van der Waals surface area contributed by atoms with Crippen LogP contribution in [0.5, 0.6) is 0 Å². The molecule has 2 aromatic rings. The maximum atomic E-state index is 13.0. The van der Waals surface area contributed by atoms with Crippen LogP contribution in [0.25, 0.3) is 10.2 Å². The Balaban J connectivity index is 1.73. The fourth-order valence-electron chi connectivity index (χ4n) is 3.51. The van der Waals surface area contributed by atoms with Crippen molar-refractivity contribution in [3.05, 3.63) is 22.0 Å². The predicted octanol–water partition coefficient (Wildman–Crippen LogP) is 4.20. The van der Waals surface area contributed by atoms with Crippen LogP contribution in [0.1, 0.15) is 71.2 Å². The topological polar surface area (TPSA) is 46.1 Å². The molecule has 1 aliphatic carbocycles. The van der Waals surface area contributed by atoms with E-state index in [0.717, 1.165) is 58.1 Å². The van der Waals surface area contributed by atoms with E-state index in [1.165, 1.54) is 25.7 Å². The van der Waals surface area contributed by atoms with Gasteiger partial charge in [0, 0.05) is 24.4 Å². The van der Waals surface area contributed by atoms with E-state index < -0.39 is 0 Å². The molecule has 0 N–H and O–H groups in total. The Morgan fingerprint density at radius 3 is 2.43 bits per heavy atom. The molecule has 1 saturated heterocycles. The first-order valence-corrected chi connectivity index (χ1v) is 9.53. The Labute approximate surface area is 140 Å². The summed E-state index contributed by atoms with van der Waals surface area (Å²) in [4.78, 5) is 26.3. The van der Waals surface area contributed by atoms with Crippen LogP contribution >= 0.6 is 11.3 Å². The number of rotatable bonds is 2. The van der Waals surface area contributed by atoms with Crippen molar-refractivity contribution in [1.82, 2.24) is 14.9 Å². The van der Waals surface area contributed by atoms with Gasteiger partial charge in [-0.2, -0.15) is 0 Å². The second-order valence-electron chi connectivity index (χ2n) is 6.88. The molecular weight excluding hydrogens is 306 g/mol. The summed E-state index contributed by atoms with van der Waals surface area (Å²) in [5.41, 5.74) is 2.10. The number of aryl methyl sites for hydroxylation is 2. The molecule has 1 saturated carbocycles. The molecule has 122 valence electrons. The molecule has 4 nitrogen and oxygen atoms in total. The van der Waals surface area contributed by atoms with Gasteiger partial charge in [0.1, 0.15) is 10.7 Å². The van der Waals surface area contributed by atoms with Crippen molar-refractivity contribution < 1.29 is 4.79 Å². The maximum absolute atomic E-state index is 13.0. The highest BCUT2D eigenvalue weighted by Gasteiger charge is 2.29. The minimum atomic E-state index is 0.194. The third-order valence-electron chi connectivity index (χ3n) is 5.02. The SMILES string of the molecule is Cc1nc(C2CC2)nc2sc(C(=O)N3CCCCCC3)c(C)c12. The Morgan fingerprint density at radius 1 is 1.09 bits per heavy atom. The van der Waals surface area contributed by atoms with E-state index in [0.29, 0.717) is 5.92 Å². The van der Waals surface area contributed by atoms with Gasteiger partial charge >= 0.3 is 0 Å². The summed E-state index contributed by atoms with van der Waals surface area (Å²) in [6.07, 6.45) is 7.14. The lowest BCUT2D eigenvalue weighted by Crippen LogP contribution is -2.31. The van der Waals surface area contributed by atoms with E-state index in [-0.39, 0.29) is 5.91 Å². The number of aromatic nitrogens is 2. The summed E-state index contributed by atoms with van der Waals surface area (Å²) in [6.45, 7) is 5.89. The summed E-state index contributed by atoms with van der Waals surface area (Å²) in [6, 6.07) is 0. The first kappa shape index (κ1) is 15.1. The lowest BCUT2D eigenvalue weighted by atomic mass is 10.1. The van der Waals surface area contributed by atoms with Gasteiger partial charge in [-0.1, -0.05) is 12.8 Å². The minimum Gasteiger partial charge on any atom is -0.338 e. The first-order valence-electron chi connectivity index (χ1n) is 8.72. The molecule has 0 atom stereocenters. The standard InChI is InChI=1S/C18H23N3OS/c1-11-14-12(2)19-16(13-7-8-13)20-17(14)23-15(11)18(22)21-9-5-3-4-6-10-21/h13H,3-10H2,1-2H3. The smallest absolute Gasteiger partial charge is 0.264 e. The van der Waals surface area contributed by atoms with Crippen LogP contribution < -0.4 is 0 Å². The Hall–Kier alpha value is -1.49. The fourth-order valence-corrected chi connectivity index (χ4v) is 4.71. The highest BCUT2D eigenvalue weighted by molar-refractivity contribution is 7.20. The van der Waals surface area contributed by atoms with Gasteiger partial charge in [-0.05, 0) is 45.1 Å². The van der Waals surface area contributed by atoms with Gasteiger partial charge in [0.05, 0.1) is 10.6 Å². The highest BCUT2D eigenvalue weighted by atomic mass is 32.1. The normalized spacial score (nSPS) is 19.1. The molecule has 23 heavy (non-hydrogen) atoms. The van der Waals surface area contributed by atoms with E-state index in [9.17, 15) is 4.79 Å². The van der Waals surface area contributed by atoms with Crippen molar-refractivity contribution in [3.8, 4) is 0 Å². The zero-order valence-electron chi connectivity index (χ0n) is 13.9. The van der Waals surface area contributed by atoms with Crippen LogP contribution in [-0.2, 0) is 0 Å². The molecule has 0 spiro atoms.